The van der Waals surface area contributed by atoms with E-state index in [1.165, 1.54) is 0 Å². The van der Waals surface area contributed by atoms with Crippen LogP contribution >= 0.6 is 23.2 Å². The fourth-order valence-electron chi connectivity index (χ4n) is 2.36. The van der Waals surface area contributed by atoms with Crippen LogP contribution < -0.4 is 11.5 Å². The van der Waals surface area contributed by atoms with E-state index in [9.17, 15) is 0 Å². The number of aryl methyl sites for hydroxylation is 2. The molecule has 0 aliphatic heterocycles. The van der Waals surface area contributed by atoms with Gasteiger partial charge in [0.05, 0.1) is 10.0 Å². The van der Waals surface area contributed by atoms with Crippen LogP contribution in [0, 0.1) is 27.7 Å². The van der Waals surface area contributed by atoms with Gasteiger partial charge in [-0.1, -0.05) is 23.2 Å². The average Bonchev–Trinajstić information content (AvgIpc) is 2.40. The molecule has 0 bridgehead atoms. The highest BCUT2D eigenvalue weighted by molar-refractivity contribution is 6.40. The summed E-state index contributed by atoms with van der Waals surface area (Å²) in [5, 5.41) is 1.20. The summed E-state index contributed by atoms with van der Waals surface area (Å²) in [4.78, 5) is 0. The number of benzene rings is 2. The van der Waals surface area contributed by atoms with Gasteiger partial charge >= 0.3 is 0 Å². The molecule has 106 valence electrons. The van der Waals surface area contributed by atoms with E-state index in [4.69, 9.17) is 34.7 Å². The Labute approximate surface area is 129 Å². The van der Waals surface area contributed by atoms with Crippen molar-refractivity contribution in [3.8, 4) is 11.1 Å². The van der Waals surface area contributed by atoms with E-state index in [0.717, 1.165) is 39.1 Å². The molecule has 0 atom stereocenters. The zero-order chi connectivity index (χ0) is 15.2. The van der Waals surface area contributed by atoms with Crippen LogP contribution in [0.3, 0.4) is 0 Å². The van der Waals surface area contributed by atoms with Crippen molar-refractivity contribution < 1.29 is 0 Å². The van der Waals surface area contributed by atoms with Crippen molar-refractivity contribution in [1.29, 1.82) is 0 Å². The summed E-state index contributed by atoms with van der Waals surface area (Å²) in [7, 11) is 0. The number of halogens is 2. The molecule has 0 heterocycles. The van der Waals surface area contributed by atoms with Crippen LogP contribution in [-0.2, 0) is 0 Å². The number of nitrogens with two attached hydrogens (primary N) is 2. The van der Waals surface area contributed by atoms with Gasteiger partial charge in [-0.2, -0.15) is 0 Å². The molecule has 2 aromatic rings. The van der Waals surface area contributed by atoms with Crippen molar-refractivity contribution in [2.24, 2.45) is 0 Å². The number of hydrogen-bond donors (Lipinski definition) is 2. The van der Waals surface area contributed by atoms with E-state index in [1.54, 1.807) is 0 Å². The molecule has 0 fully saturated rings. The second-order valence-electron chi connectivity index (χ2n) is 5.19. The maximum absolute atomic E-state index is 6.46. The van der Waals surface area contributed by atoms with Gasteiger partial charge in [0.25, 0.3) is 0 Å². The smallest absolute Gasteiger partial charge is 0.0549 e. The summed E-state index contributed by atoms with van der Waals surface area (Å²) in [5.74, 6) is 0. The molecule has 0 aromatic heterocycles. The van der Waals surface area contributed by atoms with Gasteiger partial charge in [0.2, 0.25) is 0 Å². The first kappa shape index (κ1) is 15.0. The third-order valence-electron chi connectivity index (χ3n) is 3.79. The Kier molecular flexibility index (Phi) is 3.90. The largest absolute Gasteiger partial charge is 0.398 e. The predicted octanol–water partition coefficient (Wildman–Crippen LogP) is 5.06. The van der Waals surface area contributed by atoms with E-state index in [0.29, 0.717) is 15.7 Å². The molecule has 2 rings (SSSR count). The van der Waals surface area contributed by atoms with Crippen molar-refractivity contribution in [3.63, 3.8) is 0 Å². The lowest BCUT2D eigenvalue weighted by Crippen LogP contribution is -1.99. The molecule has 2 nitrogen and oxygen atoms in total. The van der Waals surface area contributed by atoms with Gasteiger partial charge in [-0.15, -0.1) is 0 Å². The summed E-state index contributed by atoms with van der Waals surface area (Å²) in [6.45, 7) is 7.76. The van der Waals surface area contributed by atoms with Crippen molar-refractivity contribution >= 4 is 34.6 Å². The van der Waals surface area contributed by atoms with Gasteiger partial charge in [0.15, 0.2) is 0 Å². The zero-order valence-electron chi connectivity index (χ0n) is 12.1. The van der Waals surface area contributed by atoms with Crippen LogP contribution in [0.15, 0.2) is 12.1 Å². The predicted molar refractivity (Wildman–Crippen MR) is 89.7 cm³/mol. The van der Waals surface area contributed by atoms with Crippen LogP contribution in [0.25, 0.3) is 11.1 Å². The molecular weight excluding hydrogens is 291 g/mol. The normalized spacial score (nSPS) is 10.9. The minimum Gasteiger partial charge on any atom is -0.398 e. The molecule has 4 heteroatoms. The molecule has 20 heavy (non-hydrogen) atoms. The minimum atomic E-state index is 0.599. The lowest BCUT2D eigenvalue weighted by molar-refractivity contribution is 1.36. The summed E-state index contributed by atoms with van der Waals surface area (Å²) in [6, 6.07) is 4.01. The van der Waals surface area contributed by atoms with E-state index in [-0.39, 0.29) is 0 Å². The molecule has 2 aromatic carbocycles. The van der Waals surface area contributed by atoms with Gasteiger partial charge in [0.1, 0.15) is 0 Å². The Morgan fingerprint density at radius 2 is 1.15 bits per heavy atom. The molecule has 0 saturated carbocycles. The molecule has 0 saturated heterocycles. The fraction of sp³-hybridized carbons (Fsp3) is 0.250. The van der Waals surface area contributed by atoms with E-state index in [1.807, 2.05) is 39.8 Å². The van der Waals surface area contributed by atoms with Crippen molar-refractivity contribution in [3.05, 3.63) is 44.4 Å². The highest BCUT2D eigenvalue weighted by atomic mass is 35.5. The topological polar surface area (TPSA) is 52.0 Å². The molecule has 0 amide bonds. The maximum atomic E-state index is 6.46. The SMILES string of the molecule is Cc1cc(-c2c(Cl)c(C)c(N)c(C)c2Cl)cc(C)c1N. The van der Waals surface area contributed by atoms with Crippen LogP contribution in [0.1, 0.15) is 22.3 Å². The summed E-state index contributed by atoms with van der Waals surface area (Å²) in [5.41, 5.74) is 19.0. The van der Waals surface area contributed by atoms with Crippen LogP contribution in [0.2, 0.25) is 10.0 Å². The fourth-order valence-corrected chi connectivity index (χ4v) is 3.02. The first-order chi connectivity index (χ1) is 9.25. The number of nitrogen functional groups attached to an aromatic ring is 2. The third-order valence-corrected chi connectivity index (χ3v) is 4.73. The quantitative estimate of drug-likeness (QED) is 0.723. The Bertz CT molecular complexity index is 654. The summed E-state index contributed by atoms with van der Waals surface area (Å²) in [6.07, 6.45) is 0. The second kappa shape index (κ2) is 5.19. The van der Waals surface area contributed by atoms with Crippen LogP contribution in [0.4, 0.5) is 11.4 Å². The highest BCUT2D eigenvalue weighted by Crippen LogP contribution is 2.43. The standard InChI is InChI=1S/C16H18Cl2N2/c1-7-5-11(6-8(2)15(7)19)12-13(17)9(3)16(20)10(4)14(12)18/h5-6H,19-20H2,1-4H3. The zero-order valence-corrected chi connectivity index (χ0v) is 13.6. The monoisotopic (exact) mass is 308 g/mol. The molecule has 0 aliphatic carbocycles. The van der Waals surface area contributed by atoms with Gasteiger partial charge in [-0.05, 0) is 67.6 Å². The van der Waals surface area contributed by atoms with Crippen molar-refractivity contribution in [2.75, 3.05) is 11.5 Å². The number of hydrogen-bond acceptors (Lipinski definition) is 2. The lowest BCUT2D eigenvalue weighted by atomic mass is 9.95. The third kappa shape index (κ3) is 2.23. The summed E-state index contributed by atoms with van der Waals surface area (Å²) < 4.78 is 0. The molecular formula is C16H18Cl2N2. The van der Waals surface area contributed by atoms with E-state index in [2.05, 4.69) is 0 Å². The molecule has 4 N–H and O–H groups in total. The van der Waals surface area contributed by atoms with Crippen LogP contribution in [0.5, 0.6) is 0 Å². The molecule has 0 radical (unpaired) electrons. The van der Waals surface area contributed by atoms with E-state index < -0.39 is 0 Å². The first-order valence-electron chi connectivity index (χ1n) is 6.36. The van der Waals surface area contributed by atoms with Gasteiger partial charge in [-0.25, -0.2) is 0 Å². The molecule has 0 aliphatic rings. The number of rotatable bonds is 1. The lowest BCUT2D eigenvalue weighted by Gasteiger charge is -2.17. The number of anilines is 2. The van der Waals surface area contributed by atoms with Crippen molar-refractivity contribution in [2.45, 2.75) is 27.7 Å². The Hall–Kier alpha value is -1.38. The highest BCUT2D eigenvalue weighted by Gasteiger charge is 2.18. The Morgan fingerprint density at radius 3 is 1.55 bits per heavy atom. The van der Waals surface area contributed by atoms with Gasteiger partial charge in [-0.3, -0.25) is 0 Å². The average molecular weight is 309 g/mol. The van der Waals surface area contributed by atoms with E-state index >= 15 is 0 Å². The van der Waals surface area contributed by atoms with Gasteiger partial charge < -0.3 is 11.5 Å². The summed E-state index contributed by atoms with van der Waals surface area (Å²) >= 11 is 12.9. The second-order valence-corrected chi connectivity index (χ2v) is 5.95. The van der Waals surface area contributed by atoms with Gasteiger partial charge in [0, 0.05) is 16.9 Å². The molecule has 0 spiro atoms. The van der Waals surface area contributed by atoms with Crippen LogP contribution in [-0.4, -0.2) is 0 Å². The maximum Gasteiger partial charge on any atom is 0.0549 e. The Morgan fingerprint density at radius 1 is 0.750 bits per heavy atom. The van der Waals surface area contributed by atoms with Crippen molar-refractivity contribution in [1.82, 2.24) is 0 Å². The minimum absolute atomic E-state index is 0.599. The first-order valence-corrected chi connectivity index (χ1v) is 7.12. The molecule has 0 unspecified atom stereocenters. The Balaban J connectivity index is 2.83.